The number of hydrogen-bond donors (Lipinski definition) is 1. The van der Waals surface area contributed by atoms with Gasteiger partial charge in [-0.2, -0.15) is 11.3 Å². The van der Waals surface area contributed by atoms with Crippen molar-refractivity contribution in [3.05, 3.63) is 58.0 Å². The molecular formula is C18H17FN2OS. The zero-order valence-corrected chi connectivity index (χ0v) is 13.8. The van der Waals surface area contributed by atoms with Crippen LogP contribution in [-0.4, -0.2) is 12.5 Å². The number of benzene rings is 1. The summed E-state index contributed by atoms with van der Waals surface area (Å²) in [7, 11) is 0. The van der Waals surface area contributed by atoms with Gasteiger partial charge in [0.05, 0.1) is 5.41 Å². The van der Waals surface area contributed by atoms with Gasteiger partial charge in [0.25, 0.3) is 0 Å². The highest BCUT2D eigenvalue weighted by Crippen LogP contribution is 2.48. The number of rotatable bonds is 1. The lowest BCUT2D eigenvalue weighted by molar-refractivity contribution is -0.133. The van der Waals surface area contributed by atoms with Crippen LogP contribution in [0.3, 0.4) is 0 Å². The maximum Gasteiger partial charge on any atom is 0.229 e. The van der Waals surface area contributed by atoms with E-state index in [1.54, 1.807) is 0 Å². The van der Waals surface area contributed by atoms with Crippen LogP contribution in [0.4, 0.5) is 10.1 Å². The van der Waals surface area contributed by atoms with Crippen molar-refractivity contribution in [1.29, 1.82) is 0 Å². The van der Waals surface area contributed by atoms with E-state index >= 15 is 4.39 Å². The highest BCUT2D eigenvalue weighted by Gasteiger charge is 2.54. The Hall–Kier alpha value is -2.14. The third-order valence-electron chi connectivity index (χ3n) is 4.66. The lowest BCUT2D eigenvalue weighted by Crippen LogP contribution is -2.69. The summed E-state index contributed by atoms with van der Waals surface area (Å²) in [6.45, 7) is 4.23. The largest absolute Gasteiger partial charge is 0.338 e. The van der Waals surface area contributed by atoms with Crippen LogP contribution in [0.5, 0.6) is 0 Å². The van der Waals surface area contributed by atoms with E-state index in [4.69, 9.17) is 0 Å². The number of carbonyl (C=O) groups excluding carboxylic acids is 1. The summed E-state index contributed by atoms with van der Waals surface area (Å²) in [5.41, 5.74) is 0.705. The van der Waals surface area contributed by atoms with E-state index < -0.39 is 11.1 Å². The fourth-order valence-corrected chi connectivity index (χ4v) is 4.07. The van der Waals surface area contributed by atoms with Gasteiger partial charge in [0.1, 0.15) is 0 Å². The number of halogens is 1. The minimum atomic E-state index is -1.24. The van der Waals surface area contributed by atoms with Gasteiger partial charge in [-0.1, -0.05) is 18.2 Å². The minimum Gasteiger partial charge on any atom is -0.338 e. The first-order chi connectivity index (χ1) is 10.9. The molecule has 1 N–H and O–H groups in total. The van der Waals surface area contributed by atoms with Crippen molar-refractivity contribution in [2.24, 2.45) is 5.41 Å². The van der Waals surface area contributed by atoms with Crippen LogP contribution in [0, 0.1) is 5.41 Å². The summed E-state index contributed by atoms with van der Waals surface area (Å²) >= 11 is 1.50. The molecule has 5 heteroatoms. The number of hydrogen-bond acceptors (Lipinski definition) is 3. The van der Waals surface area contributed by atoms with E-state index in [9.17, 15) is 4.79 Å². The van der Waals surface area contributed by atoms with Gasteiger partial charge in [0.2, 0.25) is 5.91 Å². The number of nitrogens with one attached hydrogen (secondary N) is 1. The third-order valence-corrected chi connectivity index (χ3v) is 5.34. The van der Waals surface area contributed by atoms with E-state index in [1.165, 1.54) is 17.4 Å². The van der Waals surface area contributed by atoms with Crippen LogP contribution in [-0.2, 0) is 10.5 Å². The molecule has 1 atom stereocenters. The van der Waals surface area contributed by atoms with Crippen molar-refractivity contribution in [3.8, 4) is 0 Å². The number of fused-ring (bicyclic) bond motifs is 3. The third kappa shape index (κ3) is 1.89. The van der Waals surface area contributed by atoms with Crippen molar-refractivity contribution in [2.45, 2.75) is 19.5 Å². The molecule has 0 bridgehead atoms. The molecule has 0 saturated carbocycles. The fraction of sp³-hybridized carbons (Fsp3) is 0.278. The molecule has 0 radical (unpaired) electrons. The first kappa shape index (κ1) is 14.5. The Morgan fingerprint density at radius 1 is 1.26 bits per heavy atom. The Balaban J connectivity index is 1.99. The van der Waals surface area contributed by atoms with Crippen molar-refractivity contribution < 1.29 is 9.18 Å². The van der Waals surface area contributed by atoms with E-state index in [1.807, 2.05) is 59.8 Å². The standard InChI is InChI=1S/C18H17FN2OS/c1-17(2)11-21-14-6-4-3-5-12(14)9-15(19)18(21,20-16(17)22)13-7-8-23-10-13/h3-10H,11H2,1-2H3,(H,20,22). The second kappa shape index (κ2) is 4.68. The molecule has 3 nitrogen and oxygen atoms in total. The summed E-state index contributed by atoms with van der Waals surface area (Å²) in [4.78, 5) is 14.6. The number of anilines is 1. The summed E-state index contributed by atoms with van der Waals surface area (Å²) in [6, 6.07) is 9.59. The van der Waals surface area contributed by atoms with Crippen LogP contribution in [0.2, 0.25) is 0 Å². The van der Waals surface area contributed by atoms with E-state index in [2.05, 4.69) is 5.32 Å². The quantitative estimate of drug-likeness (QED) is 0.861. The molecule has 4 rings (SSSR count). The van der Waals surface area contributed by atoms with Crippen molar-refractivity contribution in [3.63, 3.8) is 0 Å². The van der Waals surface area contributed by atoms with Gasteiger partial charge >= 0.3 is 0 Å². The second-order valence-electron chi connectivity index (χ2n) is 6.70. The lowest BCUT2D eigenvalue weighted by atomic mass is 9.81. The maximum absolute atomic E-state index is 15.3. The van der Waals surface area contributed by atoms with Crippen molar-refractivity contribution in [1.82, 2.24) is 5.32 Å². The Morgan fingerprint density at radius 2 is 2.04 bits per heavy atom. The highest BCUT2D eigenvalue weighted by atomic mass is 32.1. The lowest BCUT2D eigenvalue weighted by Gasteiger charge is -2.54. The minimum absolute atomic E-state index is 0.136. The van der Waals surface area contributed by atoms with Crippen molar-refractivity contribution >= 4 is 29.0 Å². The average Bonchev–Trinajstić information content (AvgIpc) is 3.04. The van der Waals surface area contributed by atoms with Gasteiger partial charge in [0, 0.05) is 23.4 Å². The van der Waals surface area contributed by atoms with E-state index in [0.29, 0.717) is 6.54 Å². The molecule has 23 heavy (non-hydrogen) atoms. The van der Waals surface area contributed by atoms with Gasteiger partial charge in [-0.15, -0.1) is 0 Å². The second-order valence-corrected chi connectivity index (χ2v) is 7.48. The van der Waals surface area contributed by atoms with Crippen LogP contribution >= 0.6 is 11.3 Å². The van der Waals surface area contributed by atoms with Gasteiger partial charge in [-0.25, -0.2) is 4.39 Å². The highest BCUT2D eigenvalue weighted by molar-refractivity contribution is 7.08. The molecule has 1 saturated heterocycles. The SMILES string of the molecule is CC1(C)CN2c3ccccc3C=C(F)C2(c2ccsc2)NC1=O. The zero-order valence-electron chi connectivity index (χ0n) is 13.0. The van der Waals surface area contributed by atoms with Gasteiger partial charge in [0.15, 0.2) is 11.5 Å². The maximum atomic E-state index is 15.3. The Kier molecular flexibility index (Phi) is 2.94. The molecule has 2 aliphatic rings. The number of thiophene rings is 1. The van der Waals surface area contributed by atoms with Gasteiger partial charge in [-0.3, -0.25) is 4.79 Å². The Labute approximate surface area is 138 Å². The monoisotopic (exact) mass is 328 g/mol. The Bertz CT molecular complexity index is 812. The van der Waals surface area contributed by atoms with E-state index in [0.717, 1.165) is 16.8 Å². The topological polar surface area (TPSA) is 32.3 Å². The van der Waals surface area contributed by atoms with Crippen LogP contribution in [0.25, 0.3) is 6.08 Å². The summed E-state index contributed by atoms with van der Waals surface area (Å²) < 4.78 is 15.3. The zero-order chi connectivity index (χ0) is 16.2. The summed E-state index contributed by atoms with van der Waals surface area (Å²) in [5.74, 6) is -0.485. The van der Waals surface area contributed by atoms with Gasteiger partial charge < -0.3 is 10.2 Å². The molecule has 1 aromatic carbocycles. The molecule has 2 aliphatic heterocycles. The molecule has 1 amide bonds. The Morgan fingerprint density at radius 3 is 2.78 bits per heavy atom. The first-order valence-electron chi connectivity index (χ1n) is 7.55. The molecule has 1 fully saturated rings. The van der Waals surface area contributed by atoms with E-state index in [-0.39, 0.29) is 11.7 Å². The molecule has 0 spiro atoms. The predicted molar refractivity (Wildman–Crippen MR) is 90.8 cm³/mol. The average molecular weight is 328 g/mol. The molecule has 118 valence electrons. The number of nitrogens with zero attached hydrogens (tertiary/aromatic N) is 1. The number of para-hydroxylation sites is 1. The molecule has 2 aromatic rings. The number of carbonyl (C=O) groups is 1. The number of amides is 1. The van der Waals surface area contributed by atoms with Gasteiger partial charge in [-0.05, 0) is 42.8 Å². The molecule has 1 unspecified atom stereocenters. The molecular weight excluding hydrogens is 311 g/mol. The fourth-order valence-electron chi connectivity index (χ4n) is 3.37. The van der Waals surface area contributed by atoms with Crippen LogP contribution in [0.1, 0.15) is 25.0 Å². The molecule has 3 heterocycles. The van der Waals surface area contributed by atoms with Crippen LogP contribution < -0.4 is 10.2 Å². The predicted octanol–water partition coefficient (Wildman–Crippen LogP) is 3.89. The molecule has 0 aliphatic carbocycles. The van der Waals surface area contributed by atoms with Crippen LogP contribution in [0.15, 0.2) is 46.9 Å². The first-order valence-corrected chi connectivity index (χ1v) is 8.49. The smallest absolute Gasteiger partial charge is 0.229 e. The normalized spacial score (nSPS) is 25.3. The van der Waals surface area contributed by atoms with Crippen molar-refractivity contribution in [2.75, 3.05) is 11.4 Å². The summed E-state index contributed by atoms with van der Waals surface area (Å²) in [5, 5.41) is 6.77. The summed E-state index contributed by atoms with van der Waals surface area (Å²) in [6.07, 6.45) is 1.53. The molecule has 1 aromatic heterocycles.